The number of nitrogens with zero attached hydrogens (tertiary/aromatic N) is 2. The van der Waals surface area contributed by atoms with Crippen LogP contribution >= 0.6 is 0 Å². The van der Waals surface area contributed by atoms with Crippen LogP contribution < -0.4 is 5.32 Å². The highest BCUT2D eigenvalue weighted by Crippen LogP contribution is 2.14. The van der Waals surface area contributed by atoms with E-state index in [-0.39, 0.29) is 11.5 Å². The molecule has 0 unspecified atom stereocenters. The molecule has 0 aliphatic carbocycles. The molecule has 1 aromatic carbocycles. The summed E-state index contributed by atoms with van der Waals surface area (Å²) in [4.78, 5) is 10.5. The Kier molecular flexibility index (Phi) is 2.95. The van der Waals surface area contributed by atoms with Crippen LogP contribution in [-0.2, 0) is 0 Å². The molecule has 0 aliphatic rings. The predicted molar refractivity (Wildman–Crippen MR) is 58.7 cm³/mol. The average molecular weight is 233 g/mol. The summed E-state index contributed by atoms with van der Waals surface area (Å²) in [6.07, 6.45) is 0. The van der Waals surface area contributed by atoms with Gasteiger partial charge in [0.25, 0.3) is 0 Å². The highest BCUT2D eigenvalue weighted by atomic mass is 19.1. The van der Waals surface area contributed by atoms with Crippen molar-refractivity contribution in [1.82, 2.24) is 10.2 Å². The van der Waals surface area contributed by atoms with Crippen LogP contribution in [0.4, 0.5) is 15.9 Å². The van der Waals surface area contributed by atoms with E-state index in [1.54, 1.807) is 12.1 Å². The Morgan fingerprint density at radius 3 is 2.35 bits per heavy atom. The molecule has 6 heteroatoms. The maximum Gasteiger partial charge on any atom is 0.356 e. The number of carboxylic acid groups (broad SMARTS) is 1. The van der Waals surface area contributed by atoms with Crippen LogP contribution in [0.15, 0.2) is 36.4 Å². The number of benzene rings is 1. The van der Waals surface area contributed by atoms with Gasteiger partial charge in [-0.2, -0.15) is 0 Å². The monoisotopic (exact) mass is 233 g/mol. The smallest absolute Gasteiger partial charge is 0.356 e. The number of hydrogen-bond donors (Lipinski definition) is 2. The number of halogens is 1. The van der Waals surface area contributed by atoms with Gasteiger partial charge in [-0.25, -0.2) is 9.18 Å². The minimum Gasteiger partial charge on any atom is -0.476 e. The molecule has 2 aromatic rings. The Bertz CT molecular complexity index is 525. The predicted octanol–water partition coefficient (Wildman–Crippen LogP) is 2.06. The third-order valence-corrected chi connectivity index (χ3v) is 2.00. The van der Waals surface area contributed by atoms with Gasteiger partial charge in [0.2, 0.25) is 0 Å². The largest absolute Gasteiger partial charge is 0.476 e. The second-order valence-corrected chi connectivity index (χ2v) is 3.24. The van der Waals surface area contributed by atoms with Crippen molar-refractivity contribution >= 4 is 17.5 Å². The van der Waals surface area contributed by atoms with E-state index >= 15 is 0 Å². The van der Waals surface area contributed by atoms with Gasteiger partial charge in [0.05, 0.1) is 0 Å². The van der Waals surface area contributed by atoms with E-state index in [1.165, 1.54) is 24.3 Å². The molecule has 0 fully saturated rings. The first-order chi connectivity index (χ1) is 8.15. The Labute approximate surface area is 95.9 Å². The van der Waals surface area contributed by atoms with Crippen molar-refractivity contribution in [2.45, 2.75) is 0 Å². The molecule has 17 heavy (non-hydrogen) atoms. The van der Waals surface area contributed by atoms with Gasteiger partial charge >= 0.3 is 5.97 Å². The Morgan fingerprint density at radius 2 is 1.82 bits per heavy atom. The number of hydrogen-bond acceptors (Lipinski definition) is 4. The van der Waals surface area contributed by atoms with Gasteiger partial charge in [0.15, 0.2) is 11.5 Å². The minimum absolute atomic E-state index is 0.130. The van der Waals surface area contributed by atoms with E-state index in [9.17, 15) is 9.18 Å². The molecule has 0 bridgehead atoms. The lowest BCUT2D eigenvalue weighted by molar-refractivity contribution is 0.0689. The fourth-order valence-electron chi connectivity index (χ4n) is 1.19. The molecule has 5 nitrogen and oxygen atoms in total. The Hall–Kier alpha value is -2.50. The Balaban J connectivity index is 2.13. The number of carboxylic acids is 1. The molecule has 1 aromatic heterocycles. The van der Waals surface area contributed by atoms with E-state index < -0.39 is 5.97 Å². The summed E-state index contributed by atoms with van der Waals surface area (Å²) in [5.74, 6) is -1.07. The summed E-state index contributed by atoms with van der Waals surface area (Å²) in [6.45, 7) is 0. The number of rotatable bonds is 3. The minimum atomic E-state index is -1.13. The molecule has 0 saturated heterocycles. The van der Waals surface area contributed by atoms with E-state index in [1.807, 2.05) is 0 Å². The summed E-state index contributed by atoms with van der Waals surface area (Å²) < 4.78 is 12.6. The number of aromatic carboxylic acids is 1. The van der Waals surface area contributed by atoms with Gasteiger partial charge in [-0.15, -0.1) is 10.2 Å². The number of nitrogens with one attached hydrogen (secondary N) is 1. The maximum absolute atomic E-state index is 12.6. The first-order valence-corrected chi connectivity index (χ1v) is 4.75. The molecule has 0 saturated carbocycles. The van der Waals surface area contributed by atoms with Gasteiger partial charge in [0, 0.05) is 5.69 Å². The van der Waals surface area contributed by atoms with E-state index in [0.29, 0.717) is 11.5 Å². The van der Waals surface area contributed by atoms with Crippen molar-refractivity contribution in [2.75, 3.05) is 5.32 Å². The zero-order chi connectivity index (χ0) is 12.3. The van der Waals surface area contributed by atoms with Crippen molar-refractivity contribution in [3.63, 3.8) is 0 Å². The van der Waals surface area contributed by atoms with Gasteiger partial charge in [-0.3, -0.25) is 0 Å². The lowest BCUT2D eigenvalue weighted by Crippen LogP contribution is -2.03. The first-order valence-electron chi connectivity index (χ1n) is 4.75. The number of carbonyl (C=O) groups is 1. The highest BCUT2D eigenvalue weighted by Gasteiger charge is 2.04. The van der Waals surface area contributed by atoms with Crippen LogP contribution in [0.25, 0.3) is 0 Å². The van der Waals surface area contributed by atoms with Crippen LogP contribution in [-0.4, -0.2) is 21.3 Å². The van der Waals surface area contributed by atoms with Crippen LogP contribution in [0, 0.1) is 5.82 Å². The number of anilines is 2. The van der Waals surface area contributed by atoms with Crippen molar-refractivity contribution in [3.8, 4) is 0 Å². The lowest BCUT2D eigenvalue weighted by Gasteiger charge is -2.04. The standard InChI is InChI=1S/C11H8FN3O2/c12-7-1-3-8(4-2-7)13-10-6-5-9(11(16)17)14-15-10/h1-6H,(H,13,15)(H,16,17). The van der Waals surface area contributed by atoms with Crippen molar-refractivity contribution < 1.29 is 14.3 Å². The summed E-state index contributed by atoms with van der Waals surface area (Å²) in [5.41, 5.74) is 0.512. The lowest BCUT2D eigenvalue weighted by atomic mass is 10.3. The van der Waals surface area contributed by atoms with Gasteiger partial charge in [-0.05, 0) is 36.4 Å². The maximum atomic E-state index is 12.6. The molecule has 0 aliphatic heterocycles. The van der Waals surface area contributed by atoms with Crippen LogP contribution in [0.2, 0.25) is 0 Å². The summed E-state index contributed by atoms with van der Waals surface area (Å²) in [7, 11) is 0. The topological polar surface area (TPSA) is 75.1 Å². The molecular weight excluding hydrogens is 225 g/mol. The second kappa shape index (κ2) is 4.56. The van der Waals surface area contributed by atoms with E-state index in [2.05, 4.69) is 15.5 Å². The van der Waals surface area contributed by atoms with Crippen molar-refractivity contribution in [2.24, 2.45) is 0 Å². The third kappa shape index (κ3) is 2.75. The zero-order valence-corrected chi connectivity index (χ0v) is 8.59. The van der Waals surface area contributed by atoms with Crippen molar-refractivity contribution in [1.29, 1.82) is 0 Å². The van der Waals surface area contributed by atoms with Crippen LogP contribution in [0.5, 0.6) is 0 Å². The van der Waals surface area contributed by atoms with Crippen molar-refractivity contribution in [3.05, 3.63) is 47.9 Å². The normalized spacial score (nSPS) is 9.94. The molecule has 0 radical (unpaired) electrons. The molecule has 2 N–H and O–H groups in total. The molecular formula is C11H8FN3O2. The van der Waals surface area contributed by atoms with Gasteiger partial charge < -0.3 is 10.4 Å². The first kappa shape index (κ1) is 11.0. The molecule has 0 spiro atoms. The SMILES string of the molecule is O=C(O)c1ccc(Nc2ccc(F)cc2)nn1. The summed E-state index contributed by atoms with van der Waals surface area (Å²) in [6, 6.07) is 8.52. The second-order valence-electron chi connectivity index (χ2n) is 3.24. The zero-order valence-electron chi connectivity index (χ0n) is 8.59. The van der Waals surface area contributed by atoms with Gasteiger partial charge in [0.1, 0.15) is 5.82 Å². The fraction of sp³-hybridized carbons (Fsp3) is 0. The van der Waals surface area contributed by atoms with Crippen LogP contribution in [0.1, 0.15) is 10.5 Å². The Morgan fingerprint density at radius 1 is 1.12 bits per heavy atom. The summed E-state index contributed by atoms with van der Waals surface area (Å²) in [5, 5.41) is 18.7. The highest BCUT2D eigenvalue weighted by molar-refractivity contribution is 5.85. The molecule has 0 amide bonds. The number of aromatic nitrogens is 2. The molecule has 0 atom stereocenters. The summed E-state index contributed by atoms with van der Waals surface area (Å²) >= 11 is 0. The van der Waals surface area contributed by atoms with E-state index in [4.69, 9.17) is 5.11 Å². The fourth-order valence-corrected chi connectivity index (χ4v) is 1.19. The third-order valence-electron chi connectivity index (χ3n) is 2.00. The quantitative estimate of drug-likeness (QED) is 0.848. The average Bonchev–Trinajstić information content (AvgIpc) is 2.33. The van der Waals surface area contributed by atoms with Crippen LogP contribution in [0.3, 0.4) is 0 Å². The molecule has 2 rings (SSSR count). The van der Waals surface area contributed by atoms with E-state index in [0.717, 1.165) is 0 Å². The van der Waals surface area contributed by atoms with Gasteiger partial charge in [-0.1, -0.05) is 0 Å². The molecule has 86 valence electrons. The molecule has 1 heterocycles.